The van der Waals surface area contributed by atoms with Crippen LogP contribution in [-0.4, -0.2) is 18.4 Å². The fourth-order valence-electron chi connectivity index (χ4n) is 2.13. The van der Waals surface area contributed by atoms with Gasteiger partial charge in [-0.1, -0.05) is 49.4 Å². The fourth-order valence-corrected chi connectivity index (χ4v) is 2.13. The highest BCUT2D eigenvalue weighted by Gasteiger charge is 2.17. The van der Waals surface area contributed by atoms with Gasteiger partial charge in [-0.15, -0.1) is 0 Å². The summed E-state index contributed by atoms with van der Waals surface area (Å²) >= 11 is 0. The minimum Gasteiger partial charge on any atom is -0.462 e. The maximum absolute atomic E-state index is 12.4. The van der Waals surface area contributed by atoms with Gasteiger partial charge in [0.25, 0.3) is 0 Å². The van der Waals surface area contributed by atoms with E-state index in [4.69, 9.17) is 4.74 Å². The van der Waals surface area contributed by atoms with Gasteiger partial charge in [-0.25, -0.2) is 4.79 Å². The van der Waals surface area contributed by atoms with Crippen molar-refractivity contribution in [3.63, 3.8) is 0 Å². The summed E-state index contributed by atoms with van der Waals surface area (Å²) in [6.45, 7) is 3.99. The second kappa shape index (κ2) is 6.84. The minimum atomic E-state index is -0.342. The number of rotatable bonds is 5. The number of benzene rings is 2. The Morgan fingerprint density at radius 1 is 0.952 bits per heavy atom. The molecule has 2 aromatic rings. The Bertz CT molecular complexity index is 615. The molecule has 0 aromatic heterocycles. The van der Waals surface area contributed by atoms with E-state index in [2.05, 4.69) is 0 Å². The molecule has 2 rings (SSSR count). The third kappa shape index (κ3) is 3.57. The van der Waals surface area contributed by atoms with E-state index in [1.54, 1.807) is 31.2 Å². The topological polar surface area (TPSA) is 43.4 Å². The molecule has 0 spiro atoms. The number of esters is 1. The lowest BCUT2D eigenvalue weighted by atomic mass is 9.92. The van der Waals surface area contributed by atoms with Crippen LogP contribution < -0.4 is 0 Å². The molecule has 0 aliphatic carbocycles. The highest BCUT2D eigenvalue weighted by Crippen LogP contribution is 2.21. The molecule has 0 radical (unpaired) electrons. The van der Waals surface area contributed by atoms with E-state index in [0.29, 0.717) is 17.7 Å². The molecule has 0 N–H and O–H groups in total. The fraction of sp³-hybridized carbons (Fsp3) is 0.222. The molecule has 108 valence electrons. The predicted molar refractivity (Wildman–Crippen MR) is 81.6 cm³/mol. The van der Waals surface area contributed by atoms with Gasteiger partial charge >= 0.3 is 5.97 Å². The number of Topliss-reactive ketones (excluding diaryl/α,β-unsaturated/α-hetero) is 1. The summed E-state index contributed by atoms with van der Waals surface area (Å²) in [7, 11) is 0. The maximum Gasteiger partial charge on any atom is 0.338 e. The second-order valence-corrected chi connectivity index (χ2v) is 4.79. The first-order valence-corrected chi connectivity index (χ1v) is 6.99. The normalized spacial score (nSPS) is 11.7. The molecule has 3 nitrogen and oxygen atoms in total. The Balaban J connectivity index is 2.15. The Labute approximate surface area is 124 Å². The molecule has 0 saturated heterocycles. The zero-order valence-electron chi connectivity index (χ0n) is 12.2. The van der Waals surface area contributed by atoms with E-state index >= 15 is 0 Å². The minimum absolute atomic E-state index is 0.0690. The first kappa shape index (κ1) is 15.0. The molecular formula is C18H18O3. The van der Waals surface area contributed by atoms with E-state index in [0.717, 1.165) is 5.56 Å². The van der Waals surface area contributed by atoms with Gasteiger partial charge in [0.15, 0.2) is 5.78 Å². The molecule has 0 amide bonds. The molecule has 2 aromatic carbocycles. The number of carbonyl (C=O) groups excluding carboxylic acids is 2. The molecule has 21 heavy (non-hydrogen) atoms. The molecular weight excluding hydrogens is 264 g/mol. The smallest absolute Gasteiger partial charge is 0.338 e. The summed E-state index contributed by atoms with van der Waals surface area (Å²) in [5, 5.41) is 0. The van der Waals surface area contributed by atoms with E-state index in [1.807, 2.05) is 37.3 Å². The third-order valence-electron chi connectivity index (χ3n) is 3.37. The second-order valence-electron chi connectivity index (χ2n) is 4.79. The highest BCUT2D eigenvalue weighted by atomic mass is 16.5. The molecule has 1 atom stereocenters. The van der Waals surface area contributed by atoms with Crippen molar-refractivity contribution in [1.82, 2.24) is 0 Å². The molecule has 0 fully saturated rings. The van der Waals surface area contributed by atoms with Crippen LogP contribution in [0.25, 0.3) is 0 Å². The quantitative estimate of drug-likeness (QED) is 0.618. The van der Waals surface area contributed by atoms with Crippen molar-refractivity contribution in [3.8, 4) is 0 Å². The average Bonchev–Trinajstić information content (AvgIpc) is 2.54. The zero-order chi connectivity index (χ0) is 15.2. The van der Waals surface area contributed by atoms with Crippen molar-refractivity contribution in [2.24, 2.45) is 0 Å². The monoisotopic (exact) mass is 282 g/mol. The SMILES string of the molecule is CCOC(=O)c1ccc(C(C)C(=O)c2ccccc2)cc1. The lowest BCUT2D eigenvalue weighted by molar-refractivity contribution is 0.0526. The van der Waals surface area contributed by atoms with Crippen molar-refractivity contribution >= 4 is 11.8 Å². The molecule has 0 bridgehead atoms. The molecule has 3 heteroatoms. The van der Waals surface area contributed by atoms with Gasteiger partial charge in [0.2, 0.25) is 0 Å². The van der Waals surface area contributed by atoms with Crippen LogP contribution >= 0.6 is 0 Å². The first-order valence-electron chi connectivity index (χ1n) is 6.99. The Morgan fingerprint density at radius 3 is 2.14 bits per heavy atom. The van der Waals surface area contributed by atoms with E-state index in [1.165, 1.54) is 0 Å². The zero-order valence-corrected chi connectivity index (χ0v) is 12.2. The first-order chi connectivity index (χ1) is 10.1. The van der Waals surface area contributed by atoms with Crippen LogP contribution in [0.1, 0.15) is 46.0 Å². The van der Waals surface area contributed by atoms with Crippen LogP contribution in [0.2, 0.25) is 0 Å². The summed E-state index contributed by atoms with van der Waals surface area (Å²) in [6, 6.07) is 16.2. The summed E-state index contributed by atoms with van der Waals surface area (Å²) in [6.07, 6.45) is 0. The number of hydrogen-bond acceptors (Lipinski definition) is 3. The van der Waals surface area contributed by atoms with Crippen molar-refractivity contribution in [1.29, 1.82) is 0 Å². The van der Waals surface area contributed by atoms with Gasteiger partial charge in [0.1, 0.15) is 0 Å². The summed E-state index contributed by atoms with van der Waals surface area (Å²) in [5.41, 5.74) is 2.08. The van der Waals surface area contributed by atoms with Crippen LogP contribution in [0.5, 0.6) is 0 Å². The number of ether oxygens (including phenoxy) is 1. The number of ketones is 1. The van der Waals surface area contributed by atoms with Gasteiger partial charge in [0.05, 0.1) is 12.2 Å². The molecule has 0 saturated carbocycles. The van der Waals surface area contributed by atoms with Gasteiger partial charge < -0.3 is 4.74 Å². The van der Waals surface area contributed by atoms with Gasteiger partial charge in [-0.3, -0.25) is 4.79 Å². The van der Waals surface area contributed by atoms with Crippen molar-refractivity contribution in [2.45, 2.75) is 19.8 Å². The van der Waals surface area contributed by atoms with Gasteiger partial charge in [-0.05, 0) is 24.6 Å². The van der Waals surface area contributed by atoms with Crippen LogP contribution in [0.15, 0.2) is 54.6 Å². The predicted octanol–water partition coefficient (Wildman–Crippen LogP) is 3.85. The van der Waals surface area contributed by atoms with E-state index in [9.17, 15) is 9.59 Å². The highest BCUT2D eigenvalue weighted by molar-refractivity contribution is 6.00. The molecule has 0 heterocycles. The van der Waals surface area contributed by atoms with E-state index < -0.39 is 0 Å². The van der Waals surface area contributed by atoms with Crippen molar-refractivity contribution < 1.29 is 14.3 Å². The van der Waals surface area contributed by atoms with Crippen LogP contribution in [-0.2, 0) is 4.74 Å². The Hall–Kier alpha value is -2.42. The number of hydrogen-bond donors (Lipinski definition) is 0. The Kier molecular flexibility index (Phi) is 4.88. The van der Waals surface area contributed by atoms with Crippen molar-refractivity contribution in [2.75, 3.05) is 6.61 Å². The maximum atomic E-state index is 12.4. The van der Waals surface area contributed by atoms with Gasteiger partial charge in [0, 0.05) is 11.5 Å². The van der Waals surface area contributed by atoms with E-state index in [-0.39, 0.29) is 17.7 Å². The molecule has 0 aliphatic rings. The van der Waals surface area contributed by atoms with Crippen LogP contribution in [0.4, 0.5) is 0 Å². The number of carbonyl (C=O) groups is 2. The van der Waals surface area contributed by atoms with Gasteiger partial charge in [-0.2, -0.15) is 0 Å². The van der Waals surface area contributed by atoms with Crippen LogP contribution in [0, 0.1) is 0 Å². The summed E-state index contributed by atoms with van der Waals surface area (Å²) < 4.78 is 4.94. The Morgan fingerprint density at radius 2 is 1.57 bits per heavy atom. The summed E-state index contributed by atoms with van der Waals surface area (Å²) in [4.78, 5) is 24.0. The lowest BCUT2D eigenvalue weighted by Gasteiger charge is -2.11. The molecule has 0 aliphatic heterocycles. The largest absolute Gasteiger partial charge is 0.462 e. The summed E-state index contributed by atoms with van der Waals surface area (Å²) in [5.74, 6) is -0.519. The van der Waals surface area contributed by atoms with Crippen LogP contribution in [0.3, 0.4) is 0 Å². The third-order valence-corrected chi connectivity index (χ3v) is 3.37. The molecule has 1 unspecified atom stereocenters. The average molecular weight is 282 g/mol. The lowest BCUT2D eigenvalue weighted by Crippen LogP contribution is -2.10. The standard InChI is InChI=1S/C18H18O3/c1-3-21-18(20)16-11-9-14(10-12-16)13(2)17(19)15-7-5-4-6-8-15/h4-13H,3H2,1-2H3. The van der Waals surface area contributed by atoms with Crippen molar-refractivity contribution in [3.05, 3.63) is 71.3 Å².